The molecule has 1 rings (SSSR count). The number of pyridine rings is 1. The third-order valence-corrected chi connectivity index (χ3v) is 2.00. The molecule has 1 amide bonds. The van der Waals surface area contributed by atoms with Crippen molar-refractivity contribution in [2.75, 3.05) is 18.2 Å². The maximum atomic E-state index is 10.7. The number of nitrogens with zero attached hydrogens (tertiary/aromatic N) is 1. The maximum Gasteiger partial charge on any atom is 0.219 e. The smallest absolute Gasteiger partial charge is 0.219 e. The van der Waals surface area contributed by atoms with Crippen LogP contribution in [-0.2, 0) is 4.79 Å². The summed E-state index contributed by atoms with van der Waals surface area (Å²) in [5.41, 5.74) is 11.3. The lowest BCUT2D eigenvalue weighted by Crippen LogP contribution is -2.24. The van der Waals surface area contributed by atoms with Gasteiger partial charge < -0.3 is 21.5 Å². The van der Waals surface area contributed by atoms with E-state index in [0.717, 1.165) is 0 Å². The van der Waals surface area contributed by atoms with Gasteiger partial charge in [0.25, 0.3) is 0 Å². The highest BCUT2D eigenvalue weighted by atomic mass is 16.5. The molecule has 88 valence electrons. The number of nitrogens with one attached hydrogen (secondary N) is 1. The Labute approximate surface area is 94.0 Å². The highest BCUT2D eigenvalue weighted by Gasteiger charge is 2.09. The molecule has 1 heterocycles. The number of methoxy groups -OCH3 is 1. The van der Waals surface area contributed by atoms with Crippen molar-refractivity contribution in [1.29, 1.82) is 0 Å². The highest BCUT2D eigenvalue weighted by molar-refractivity contribution is 5.75. The summed E-state index contributed by atoms with van der Waals surface area (Å²) in [6.07, 6.45) is 0.221. The summed E-state index contributed by atoms with van der Waals surface area (Å²) in [7, 11) is 1.52. The molecule has 6 heteroatoms. The van der Waals surface area contributed by atoms with Gasteiger partial charge >= 0.3 is 0 Å². The second kappa shape index (κ2) is 5.20. The van der Waals surface area contributed by atoms with E-state index in [-0.39, 0.29) is 18.4 Å². The third-order valence-electron chi connectivity index (χ3n) is 2.00. The largest absolute Gasteiger partial charge is 0.481 e. The minimum Gasteiger partial charge on any atom is -0.481 e. The number of amides is 1. The van der Waals surface area contributed by atoms with Gasteiger partial charge in [-0.3, -0.25) is 4.79 Å². The van der Waals surface area contributed by atoms with E-state index in [1.165, 1.54) is 7.11 Å². The molecule has 5 N–H and O–H groups in total. The van der Waals surface area contributed by atoms with Gasteiger partial charge in [0.15, 0.2) is 5.82 Å². The molecule has 0 aliphatic heterocycles. The van der Waals surface area contributed by atoms with Crippen LogP contribution >= 0.6 is 0 Å². The van der Waals surface area contributed by atoms with E-state index in [2.05, 4.69) is 10.3 Å². The molecular formula is C10H16N4O2. The van der Waals surface area contributed by atoms with Gasteiger partial charge in [-0.25, -0.2) is 0 Å². The molecular weight excluding hydrogens is 208 g/mol. The van der Waals surface area contributed by atoms with Gasteiger partial charge in [0.05, 0.1) is 12.8 Å². The lowest BCUT2D eigenvalue weighted by Gasteiger charge is -2.14. The molecule has 6 nitrogen and oxygen atoms in total. The maximum absolute atomic E-state index is 10.7. The van der Waals surface area contributed by atoms with Crippen LogP contribution in [0.15, 0.2) is 12.1 Å². The Morgan fingerprint density at radius 2 is 2.31 bits per heavy atom. The summed E-state index contributed by atoms with van der Waals surface area (Å²) in [5.74, 6) is 0.581. The number of anilines is 2. The second-order valence-electron chi connectivity index (χ2n) is 3.51. The van der Waals surface area contributed by atoms with Crippen molar-refractivity contribution in [3.05, 3.63) is 12.1 Å². The fourth-order valence-electron chi connectivity index (χ4n) is 1.27. The normalized spacial score (nSPS) is 11.9. The van der Waals surface area contributed by atoms with Gasteiger partial charge in [-0.1, -0.05) is 0 Å². The third kappa shape index (κ3) is 3.30. The van der Waals surface area contributed by atoms with Crippen molar-refractivity contribution >= 4 is 17.4 Å². The van der Waals surface area contributed by atoms with Crippen molar-refractivity contribution in [2.45, 2.75) is 19.4 Å². The number of primary amides is 1. The Bertz CT molecular complexity index is 381. The molecule has 16 heavy (non-hydrogen) atoms. The van der Waals surface area contributed by atoms with Crippen LogP contribution < -0.4 is 21.5 Å². The zero-order valence-electron chi connectivity index (χ0n) is 9.36. The number of nitrogens with two attached hydrogens (primary N) is 2. The standard InChI is InChI=1S/C10H16N4O2/c1-6(5-8(12)15)13-10-7(11)3-4-9(14-10)16-2/h3-4,6H,5,11H2,1-2H3,(H2,12,15)(H,13,14). The number of carbonyl (C=O) groups is 1. The highest BCUT2D eigenvalue weighted by Crippen LogP contribution is 2.20. The van der Waals surface area contributed by atoms with Crippen LogP contribution in [0.2, 0.25) is 0 Å². The van der Waals surface area contributed by atoms with Gasteiger partial charge in [0.2, 0.25) is 11.8 Å². The van der Waals surface area contributed by atoms with Crippen LogP contribution in [0.4, 0.5) is 11.5 Å². The summed E-state index contributed by atoms with van der Waals surface area (Å²) >= 11 is 0. The van der Waals surface area contributed by atoms with Crippen molar-refractivity contribution in [3.63, 3.8) is 0 Å². The number of rotatable bonds is 5. The number of hydrogen-bond acceptors (Lipinski definition) is 5. The Morgan fingerprint density at radius 1 is 1.62 bits per heavy atom. The van der Waals surface area contributed by atoms with Crippen molar-refractivity contribution < 1.29 is 9.53 Å². The summed E-state index contributed by atoms with van der Waals surface area (Å²) in [6, 6.07) is 3.23. The average Bonchev–Trinajstić information content (AvgIpc) is 2.20. The molecule has 0 saturated carbocycles. The SMILES string of the molecule is COc1ccc(N)c(NC(C)CC(N)=O)n1. The van der Waals surface area contributed by atoms with Crippen LogP contribution in [0.3, 0.4) is 0 Å². The second-order valence-corrected chi connectivity index (χ2v) is 3.51. The van der Waals surface area contributed by atoms with Crippen LogP contribution in [0.1, 0.15) is 13.3 Å². The molecule has 0 radical (unpaired) electrons. The van der Waals surface area contributed by atoms with Gasteiger partial charge in [-0.05, 0) is 13.0 Å². The number of aromatic nitrogens is 1. The quantitative estimate of drug-likeness (QED) is 0.669. The first-order valence-electron chi connectivity index (χ1n) is 4.88. The van der Waals surface area contributed by atoms with E-state index in [9.17, 15) is 4.79 Å². The predicted octanol–water partition coefficient (Wildman–Crippen LogP) is 0.348. The number of ether oxygens (including phenoxy) is 1. The fourth-order valence-corrected chi connectivity index (χ4v) is 1.27. The molecule has 0 saturated heterocycles. The van der Waals surface area contributed by atoms with E-state index >= 15 is 0 Å². The molecule has 1 atom stereocenters. The molecule has 0 bridgehead atoms. The van der Waals surface area contributed by atoms with Crippen LogP contribution in [0, 0.1) is 0 Å². The fraction of sp³-hybridized carbons (Fsp3) is 0.400. The Morgan fingerprint density at radius 3 is 2.88 bits per heavy atom. The minimum atomic E-state index is -0.374. The molecule has 1 unspecified atom stereocenters. The number of carbonyl (C=O) groups excluding carboxylic acids is 1. The summed E-state index contributed by atoms with van der Waals surface area (Å²) in [6.45, 7) is 1.82. The van der Waals surface area contributed by atoms with E-state index in [1.807, 2.05) is 6.92 Å². The molecule has 0 aliphatic rings. The Hall–Kier alpha value is -1.98. The predicted molar refractivity (Wildman–Crippen MR) is 62.1 cm³/mol. The van der Waals surface area contributed by atoms with Crippen molar-refractivity contribution in [2.24, 2.45) is 5.73 Å². The first-order chi connectivity index (χ1) is 7.52. The van der Waals surface area contributed by atoms with Crippen LogP contribution in [0.5, 0.6) is 5.88 Å². The summed E-state index contributed by atoms with van der Waals surface area (Å²) in [5, 5.41) is 3.00. The van der Waals surface area contributed by atoms with Gasteiger partial charge in [0, 0.05) is 18.5 Å². The molecule has 0 aromatic carbocycles. The monoisotopic (exact) mass is 224 g/mol. The van der Waals surface area contributed by atoms with Gasteiger partial charge in [-0.2, -0.15) is 4.98 Å². The van der Waals surface area contributed by atoms with Crippen molar-refractivity contribution in [3.8, 4) is 5.88 Å². The minimum absolute atomic E-state index is 0.126. The van der Waals surface area contributed by atoms with E-state index in [4.69, 9.17) is 16.2 Å². The van der Waals surface area contributed by atoms with E-state index in [0.29, 0.717) is 17.4 Å². The first kappa shape index (κ1) is 12.1. The van der Waals surface area contributed by atoms with Crippen LogP contribution in [0.25, 0.3) is 0 Å². The van der Waals surface area contributed by atoms with Gasteiger partial charge in [0.1, 0.15) is 0 Å². The lowest BCUT2D eigenvalue weighted by molar-refractivity contribution is -0.118. The zero-order valence-corrected chi connectivity index (χ0v) is 9.36. The summed E-state index contributed by atoms with van der Waals surface area (Å²) < 4.78 is 4.97. The Balaban J connectivity index is 2.75. The topological polar surface area (TPSA) is 103 Å². The molecule has 0 spiro atoms. The van der Waals surface area contributed by atoms with Crippen LogP contribution in [-0.4, -0.2) is 24.0 Å². The molecule has 0 aliphatic carbocycles. The summed E-state index contributed by atoms with van der Waals surface area (Å²) in [4.78, 5) is 14.8. The lowest BCUT2D eigenvalue weighted by atomic mass is 10.2. The number of nitrogen functional groups attached to an aromatic ring is 1. The van der Waals surface area contributed by atoms with Crippen molar-refractivity contribution in [1.82, 2.24) is 4.98 Å². The molecule has 1 aromatic heterocycles. The van der Waals surface area contributed by atoms with E-state index in [1.54, 1.807) is 12.1 Å². The van der Waals surface area contributed by atoms with E-state index < -0.39 is 0 Å². The zero-order chi connectivity index (χ0) is 12.1. The molecule has 1 aromatic rings. The van der Waals surface area contributed by atoms with Gasteiger partial charge in [-0.15, -0.1) is 0 Å². The average molecular weight is 224 g/mol. The molecule has 0 fully saturated rings. The first-order valence-corrected chi connectivity index (χ1v) is 4.88. The number of hydrogen-bond donors (Lipinski definition) is 3. The Kier molecular flexibility index (Phi) is 3.93.